The van der Waals surface area contributed by atoms with E-state index in [1.807, 2.05) is 0 Å². The summed E-state index contributed by atoms with van der Waals surface area (Å²) in [5.41, 5.74) is 0.0756. The van der Waals surface area contributed by atoms with E-state index < -0.39 is 15.7 Å². The molecular weight excluding hydrogens is 316 g/mol. The molecule has 1 aromatic carbocycles. The molecule has 0 aromatic heterocycles. The highest BCUT2D eigenvalue weighted by Gasteiger charge is 2.32. The van der Waals surface area contributed by atoms with Gasteiger partial charge in [-0.25, -0.2) is 13.4 Å². The number of sulfone groups is 1. The highest BCUT2D eigenvalue weighted by atomic mass is 32.2. The van der Waals surface area contributed by atoms with Gasteiger partial charge in [0.2, 0.25) is 5.91 Å². The number of carbonyl (C=O) groups excluding carboxylic acids is 2. The van der Waals surface area contributed by atoms with Crippen molar-refractivity contribution in [1.29, 1.82) is 0 Å². The largest absolute Gasteiger partial charge is 0.273 e. The molecule has 0 bridgehead atoms. The summed E-state index contributed by atoms with van der Waals surface area (Å²) in [6.45, 7) is 0.801. The van der Waals surface area contributed by atoms with Gasteiger partial charge in [-0.3, -0.25) is 14.6 Å². The van der Waals surface area contributed by atoms with Crippen molar-refractivity contribution >= 4 is 21.7 Å². The molecule has 0 N–H and O–H groups in total. The van der Waals surface area contributed by atoms with E-state index in [0.29, 0.717) is 25.9 Å². The second kappa shape index (κ2) is 6.84. The number of carbonyl (C=O) groups is 2. The van der Waals surface area contributed by atoms with Gasteiger partial charge in [0.25, 0.3) is 5.91 Å². The van der Waals surface area contributed by atoms with Crippen LogP contribution >= 0.6 is 0 Å². The van der Waals surface area contributed by atoms with E-state index in [1.165, 1.54) is 22.2 Å². The number of amides is 2. The number of nitrogens with zero attached hydrogens (tertiary/aromatic N) is 2. The Balaban J connectivity index is 2.30. The Hall–Kier alpha value is -2.33. The molecule has 0 atom stereocenters. The summed E-state index contributed by atoms with van der Waals surface area (Å²) in [5, 5.41) is 2.67. The third-order valence-electron chi connectivity index (χ3n) is 3.55. The minimum atomic E-state index is -3.54. The smallest absolute Gasteiger partial charge is 0.273 e. The maximum atomic E-state index is 12.7. The summed E-state index contributed by atoms with van der Waals surface area (Å²) in [6.07, 6.45) is 7.33. The van der Waals surface area contributed by atoms with Crippen LogP contribution in [0.25, 0.3) is 0 Å². The fourth-order valence-corrected chi connectivity index (χ4v) is 3.38. The Morgan fingerprint density at radius 1 is 1.22 bits per heavy atom. The first-order valence-electron chi connectivity index (χ1n) is 7.21. The molecule has 0 saturated carbocycles. The summed E-state index contributed by atoms with van der Waals surface area (Å²) in [5.74, 6) is 1.68. The zero-order valence-corrected chi connectivity index (χ0v) is 13.7. The zero-order valence-electron chi connectivity index (χ0n) is 12.9. The van der Waals surface area contributed by atoms with Gasteiger partial charge in [0, 0.05) is 32.2 Å². The molecule has 7 heteroatoms. The van der Waals surface area contributed by atoms with Gasteiger partial charge in [-0.05, 0) is 18.6 Å². The maximum Gasteiger partial charge on any atom is 0.273 e. The van der Waals surface area contributed by atoms with E-state index in [1.54, 1.807) is 12.1 Å². The van der Waals surface area contributed by atoms with Gasteiger partial charge >= 0.3 is 0 Å². The van der Waals surface area contributed by atoms with Crippen LogP contribution in [-0.4, -0.2) is 49.6 Å². The van der Waals surface area contributed by atoms with E-state index in [-0.39, 0.29) is 22.8 Å². The molecule has 1 aliphatic rings. The first-order chi connectivity index (χ1) is 10.9. The van der Waals surface area contributed by atoms with Gasteiger partial charge in [-0.15, -0.1) is 12.3 Å². The standard InChI is InChI=1S/C16H18N2O4S/c1-3-4-10-15(19)17-11-7-12-18(17)16(20)13-8-5-6-9-14(13)23(2,21)22/h1,5-6,8-9H,4,7,10-12H2,2H3. The van der Waals surface area contributed by atoms with Crippen LogP contribution in [0.5, 0.6) is 0 Å². The van der Waals surface area contributed by atoms with E-state index in [0.717, 1.165) is 6.26 Å². The molecule has 122 valence electrons. The highest BCUT2D eigenvalue weighted by molar-refractivity contribution is 7.90. The van der Waals surface area contributed by atoms with E-state index in [9.17, 15) is 18.0 Å². The Labute approximate surface area is 136 Å². The Bertz CT molecular complexity index is 765. The van der Waals surface area contributed by atoms with Crippen LogP contribution in [-0.2, 0) is 14.6 Å². The number of rotatable bonds is 4. The van der Waals surface area contributed by atoms with Crippen molar-refractivity contribution in [3.05, 3.63) is 29.8 Å². The normalized spacial score (nSPS) is 14.6. The van der Waals surface area contributed by atoms with Crippen molar-refractivity contribution in [3.8, 4) is 12.3 Å². The molecular formula is C16H18N2O4S. The summed E-state index contributed by atoms with van der Waals surface area (Å²) in [6, 6.07) is 6.01. The molecule has 1 aromatic rings. The van der Waals surface area contributed by atoms with Crippen molar-refractivity contribution < 1.29 is 18.0 Å². The highest BCUT2D eigenvalue weighted by Crippen LogP contribution is 2.21. The lowest BCUT2D eigenvalue weighted by atomic mass is 10.2. The second-order valence-corrected chi connectivity index (χ2v) is 7.26. The molecule has 1 aliphatic heterocycles. The Morgan fingerprint density at radius 2 is 1.87 bits per heavy atom. The molecule has 2 amide bonds. The lowest BCUT2D eigenvalue weighted by Crippen LogP contribution is -2.45. The monoisotopic (exact) mass is 334 g/mol. The van der Waals surface area contributed by atoms with Crippen molar-refractivity contribution in [2.24, 2.45) is 0 Å². The van der Waals surface area contributed by atoms with Gasteiger partial charge in [0.15, 0.2) is 9.84 Å². The third-order valence-corrected chi connectivity index (χ3v) is 4.71. The van der Waals surface area contributed by atoms with Crippen LogP contribution in [0.15, 0.2) is 29.2 Å². The van der Waals surface area contributed by atoms with Crippen molar-refractivity contribution in [1.82, 2.24) is 10.0 Å². The number of hydrogen-bond donors (Lipinski definition) is 0. The van der Waals surface area contributed by atoms with Gasteiger partial charge in [-0.1, -0.05) is 12.1 Å². The lowest BCUT2D eigenvalue weighted by molar-refractivity contribution is -0.140. The molecule has 0 spiro atoms. The fourth-order valence-electron chi connectivity index (χ4n) is 2.50. The summed E-state index contributed by atoms with van der Waals surface area (Å²) >= 11 is 0. The summed E-state index contributed by atoms with van der Waals surface area (Å²) < 4.78 is 23.7. The minimum absolute atomic E-state index is 0.0343. The summed E-state index contributed by atoms with van der Waals surface area (Å²) in [4.78, 5) is 24.8. The Kier molecular flexibility index (Phi) is 5.06. The molecule has 0 radical (unpaired) electrons. The molecule has 2 rings (SSSR count). The number of hydrazine groups is 1. The van der Waals surface area contributed by atoms with Crippen LogP contribution < -0.4 is 0 Å². The number of benzene rings is 1. The van der Waals surface area contributed by atoms with Crippen molar-refractivity contribution in [2.75, 3.05) is 19.3 Å². The predicted octanol–water partition coefficient (Wildman–Crippen LogP) is 1.09. The van der Waals surface area contributed by atoms with Crippen LogP contribution in [0.1, 0.15) is 29.6 Å². The molecule has 1 heterocycles. The van der Waals surface area contributed by atoms with Gasteiger partial charge in [-0.2, -0.15) is 0 Å². The van der Waals surface area contributed by atoms with Crippen LogP contribution in [0, 0.1) is 12.3 Å². The molecule has 6 nitrogen and oxygen atoms in total. The quantitative estimate of drug-likeness (QED) is 0.773. The SMILES string of the molecule is C#CCCC(=O)N1CCCN1C(=O)c1ccccc1S(C)(=O)=O. The van der Waals surface area contributed by atoms with E-state index >= 15 is 0 Å². The van der Waals surface area contributed by atoms with E-state index in [2.05, 4.69) is 5.92 Å². The number of terminal acetylenes is 1. The topological polar surface area (TPSA) is 74.8 Å². The van der Waals surface area contributed by atoms with Crippen molar-refractivity contribution in [2.45, 2.75) is 24.2 Å². The first kappa shape index (κ1) is 17.0. The van der Waals surface area contributed by atoms with Gasteiger partial charge in [0.05, 0.1) is 10.5 Å². The average Bonchev–Trinajstić information content (AvgIpc) is 3.00. The molecule has 1 saturated heterocycles. The predicted molar refractivity (Wildman–Crippen MR) is 85.0 cm³/mol. The fraction of sp³-hybridized carbons (Fsp3) is 0.375. The molecule has 1 fully saturated rings. The maximum absolute atomic E-state index is 12.7. The Morgan fingerprint density at radius 3 is 2.52 bits per heavy atom. The number of hydrogen-bond acceptors (Lipinski definition) is 4. The first-order valence-corrected chi connectivity index (χ1v) is 9.10. The van der Waals surface area contributed by atoms with Crippen LogP contribution in [0.4, 0.5) is 0 Å². The third kappa shape index (κ3) is 3.71. The molecule has 0 aliphatic carbocycles. The average molecular weight is 334 g/mol. The molecule has 23 heavy (non-hydrogen) atoms. The van der Waals surface area contributed by atoms with Crippen LogP contribution in [0.2, 0.25) is 0 Å². The zero-order chi connectivity index (χ0) is 17.0. The van der Waals surface area contributed by atoms with Gasteiger partial charge < -0.3 is 0 Å². The summed E-state index contributed by atoms with van der Waals surface area (Å²) in [7, 11) is -3.54. The van der Waals surface area contributed by atoms with Gasteiger partial charge in [0.1, 0.15) is 0 Å². The second-order valence-electron chi connectivity index (χ2n) is 5.27. The lowest BCUT2D eigenvalue weighted by Gasteiger charge is -2.28. The molecule has 0 unspecified atom stereocenters. The van der Waals surface area contributed by atoms with Crippen molar-refractivity contribution in [3.63, 3.8) is 0 Å². The minimum Gasteiger partial charge on any atom is -0.273 e. The van der Waals surface area contributed by atoms with E-state index in [4.69, 9.17) is 6.42 Å². The van der Waals surface area contributed by atoms with Crippen LogP contribution in [0.3, 0.4) is 0 Å².